The average molecular weight is 248 g/mol. The molecule has 2 rings (SSSR count). The first-order chi connectivity index (χ1) is 8.16. The fraction of sp³-hybridized carbons (Fsp3) is 0.167. The standard InChI is InChI=1S/C12H12N2O2S/c1-8-4-5-10(11(13)17)12(14-8)16-7-9-3-2-6-15-9/h2-6H,7H2,1H3,(H2,13,17). The minimum Gasteiger partial charge on any atom is -0.469 e. The Morgan fingerprint density at radius 2 is 2.29 bits per heavy atom. The van der Waals surface area contributed by atoms with Gasteiger partial charge in [0.15, 0.2) is 0 Å². The summed E-state index contributed by atoms with van der Waals surface area (Å²) in [6.07, 6.45) is 1.59. The first-order valence-corrected chi connectivity index (χ1v) is 5.50. The van der Waals surface area contributed by atoms with Gasteiger partial charge in [0.2, 0.25) is 5.88 Å². The molecule has 0 unspecified atom stereocenters. The Morgan fingerprint density at radius 3 is 2.94 bits per heavy atom. The second kappa shape index (κ2) is 4.97. The molecule has 0 saturated carbocycles. The Hall–Kier alpha value is -1.88. The normalized spacial score (nSPS) is 10.2. The van der Waals surface area contributed by atoms with Gasteiger partial charge in [-0.2, -0.15) is 0 Å². The minimum atomic E-state index is 0.270. The van der Waals surface area contributed by atoms with Crippen molar-refractivity contribution in [2.45, 2.75) is 13.5 Å². The van der Waals surface area contributed by atoms with Crippen LogP contribution in [0.1, 0.15) is 17.0 Å². The number of furan rings is 1. The maximum atomic E-state index is 5.60. The Morgan fingerprint density at radius 1 is 1.47 bits per heavy atom. The van der Waals surface area contributed by atoms with Gasteiger partial charge >= 0.3 is 0 Å². The van der Waals surface area contributed by atoms with Gasteiger partial charge < -0.3 is 14.9 Å². The van der Waals surface area contributed by atoms with Crippen molar-refractivity contribution in [3.05, 3.63) is 47.5 Å². The van der Waals surface area contributed by atoms with Crippen LogP contribution in [0, 0.1) is 6.92 Å². The molecule has 0 atom stereocenters. The van der Waals surface area contributed by atoms with E-state index in [1.165, 1.54) is 0 Å². The Labute approximate surface area is 104 Å². The number of ether oxygens (including phenoxy) is 1. The molecule has 17 heavy (non-hydrogen) atoms. The van der Waals surface area contributed by atoms with E-state index in [2.05, 4.69) is 4.98 Å². The molecule has 5 heteroatoms. The summed E-state index contributed by atoms with van der Waals surface area (Å²) < 4.78 is 10.7. The fourth-order valence-electron chi connectivity index (χ4n) is 1.36. The fourth-order valence-corrected chi connectivity index (χ4v) is 1.52. The summed E-state index contributed by atoms with van der Waals surface area (Å²) in [4.78, 5) is 4.53. The minimum absolute atomic E-state index is 0.270. The molecule has 2 N–H and O–H groups in total. The number of nitrogens with zero attached hydrogens (tertiary/aromatic N) is 1. The Kier molecular flexibility index (Phi) is 3.39. The molecule has 0 fully saturated rings. The maximum absolute atomic E-state index is 5.60. The lowest BCUT2D eigenvalue weighted by molar-refractivity contribution is 0.260. The second-order valence-electron chi connectivity index (χ2n) is 3.54. The molecule has 0 spiro atoms. The number of pyridine rings is 1. The van der Waals surface area contributed by atoms with Gasteiger partial charge in [0.05, 0.1) is 11.8 Å². The van der Waals surface area contributed by atoms with Crippen LogP contribution in [0.15, 0.2) is 34.9 Å². The van der Waals surface area contributed by atoms with Crippen LogP contribution in [-0.2, 0) is 6.61 Å². The highest BCUT2D eigenvalue weighted by Gasteiger charge is 2.09. The molecule has 0 aliphatic rings. The average Bonchev–Trinajstić information content (AvgIpc) is 2.78. The van der Waals surface area contributed by atoms with Crippen molar-refractivity contribution in [3.8, 4) is 5.88 Å². The van der Waals surface area contributed by atoms with E-state index in [9.17, 15) is 0 Å². The van der Waals surface area contributed by atoms with Crippen LogP contribution in [-0.4, -0.2) is 9.97 Å². The van der Waals surface area contributed by atoms with Crippen molar-refractivity contribution < 1.29 is 9.15 Å². The molecular formula is C12H12N2O2S. The number of aromatic nitrogens is 1. The molecule has 4 nitrogen and oxygen atoms in total. The summed E-state index contributed by atoms with van der Waals surface area (Å²) in [5.74, 6) is 1.16. The van der Waals surface area contributed by atoms with E-state index in [1.807, 2.05) is 25.1 Å². The predicted octanol–water partition coefficient (Wildman–Crippen LogP) is 2.20. The Bertz CT molecular complexity index is 523. The molecule has 88 valence electrons. The monoisotopic (exact) mass is 248 g/mol. The number of hydrogen-bond donors (Lipinski definition) is 1. The molecule has 0 aliphatic heterocycles. The van der Waals surface area contributed by atoms with E-state index in [1.54, 1.807) is 12.3 Å². The zero-order valence-electron chi connectivity index (χ0n) is 9.34. The highest BCUT2D eigenvalue weighted by Crippen LogP contribution is 2.17. The third kappa shape index (κ3) is 2.82. The summed E-state index contributed by atoms with van der Waals surface area (Å²) in [6.45, 7) is 2.18. The van der Waals surface area contributed by atoms with Crippen LogP contribution < -0.4 is 10.5 Å². The molecule has 0 aromatic carbocycles. The smallest absolute Gasteiger partial charge is 0.224 e. The number of nitrogens with two attached hydrogens (primary N) is 1. The molecule has 0 aliphatic carbocycles. The van der Waals surface area contributed by atoms with E-state index < -0.39 is 0 Å². The number of rotatable bonds is 4. The second-order valence-corrected chi connectivity index (χ2v) is 3.98. The third-order valence-corrected chi connectivity index (χ3v) is 2.42. The molecule has 0 saturated heterocycles. The van der Waals surface area contributed by atoms with Gasteiger partial charge in [-0.3, -0.25) is 0 Å². The lowest BCUT2D eigenvalue weighted by atomic mass is 10.2. The summed E-state index contributed by atoms with van der Waals surface area (Å²) >= 11 is 4.94. The van der Waals surface area contributed by atoms with Crippen LogP contribution >= 0.6 is 12.2 Å². The molecule has 2 aromatic rings. The summed E-state index contributed by atoms with van der Waals surface area (Å²) in [6, 6.07) is 7.28. The lowest BCUT2D eigenvalue weighted by Gasteiger charge is -2.09. The zero-order chi connectivity index (χ0) is 12.3. The van der Waals surface area contributed by atoms with Gasteiger partial charge in [0.1, 0.15) is 17.4 Å². The number of thiocarbonyl (C=S) groups is 1. The van der Waals surface area contributed by atoms with Crippen LogP contribution in [0.3, 0.4) is 0 Å². The van der Waals surface area contributed by atoms with Crippen molar-refractivity contribution in [1.82, 2.24) is 4.98 Å². The molecule has 0 radical (unpaired) electrons. The molecule has 2 aromatic heterocycles. The van der Waals surface area contributed by atoms with Crippen molar-refractivity contribution in [3.63, 3.8) is 0 Å². The van der Waals surface area contributed by atoms with Crippen molar-refractivity contribution >= 4 is 17.2 Å². The highest BCUT2D eigenvalue weighted by atomic mass is 32.1. The van der Waals surface area contributed by atoms with Gasteiger partial charge in [-0.05, 0) is 31.2 Å². The van der Waals surface area contributed by atoms with Gasteiger partial charge in [-0.1, -0.05) is 12.2 Å². The summed E-state index contributed by atoms with van der Waals surface area (Å²) in [5.41, 5.74) is 7.08. The molecular weight excluding hydrogens is 236 g/mol. The van der Waals surface area contributed by atoms with Crippen LogP contribution in [0.25, 0.3) is 0 Å². The van der Waals surface area contributed by atoms with Gasteiger partial charge in [0.25, 0.3) is 0 Å². The van der Waals surface area contributed by atoms with Gasteiger partial charge in [0, 0.05) is 5.69 Å². The summed E-state index contributed by atoms with van der Waals surface area (Å²) in [7, 11) is 0. The maximum Gasteiger partial charge on any atom is 0.224 e. The zero-order valence-corrected chi connectivity index (χ0v) is 10.2. The quantitative estimate of drug-likeness (QED) is 0.840. The van der Waals surface area contributed by atoms with E-state index in [4.69, 9.17) is 27.1 Å². The van der Waals surface area contributed by atoms with Crippen molar-refractivity contribution in [1.29, 1.82) is 0 Å². The third-order valence-electron chi connectivity index (χ3n) is 2.20. The van der Waals surface area contributed by atoms with Crippen LogP contribution in [0.5, 0.6) is 5.88 Å². The Balaban J connectivity index is 2.19. The predicted molar refractivity (Wildman–Crippen MR) is 67.9 cm³/mol. The van der Waals surface area contributed by atoms with Crippen molar-refractivity contribution in [2.24, 2.45) is 5.73 Å². The molecule has 0 amide bonds. The van der Waals surface area contributed by atoms with E-state index >= 15 is 0 Å². The lowest BCUT2D eigenvalue weighted by Crippen LogP contribution is -2.13. The van der Waals surface area contributed by atoms with E-state index in [0.29, 0.717) is 18.1 Å². The number of hydrogen-bond acceptors (Lipinski definition) is 4. The van der Waals surface area contributed by atoms with Crippen molar-refractivity contribution in [2.75, 3.05) is 0 Å². The van der Waals surface area contributed by atoms with Crippen LogP contribution in [0.2, 0.25) is 0 Å². The first kappa shape index (κ1) is 11.6. The SMILES string of the molecule is Cc1ccc(C(N)=S)c(OCc2ccco2)n1. The molecule has 2 heterocycles. The van der Waals surface area contributed by atoms with E-state index in [0.717, 1.165) is 11.5 Å². The number of aryl methyl sites for hydroxylation is 1. The highest BCUT2D eigenvalue weighted by molar-refractivity contribution is 7.80. The molecule has 0 bridgehead atoms. The summed E-state index contributed by atoms with van der Waals surface area (Å²) in [5, 5.41) is 0. The van der Waals surface area contributed by atoms with Gasteiger partial charge in [-0.15, -0.1) is 0 Å². The van der Waals surface area contributed by atoms with Crippen LogP contribution in [0.4, 0.5) is 0 Å². The first-order valence-electron chi connectivity index (χ1n) is 5.09. The topological polar surface area (TPSA) is 61.3 Å². The largest absolute Gasteiger partial charge is 0.469 e. The van der Waals surface area contributed by atoms with Gasteiger partial charge in [-0.25, -0.2) is 4.98 Å². The van der Waals surface area contributed by atoms with E-state index in [-0.39, 0.29) is 4.99 Å².